The number of aryl methyl sites for hydroxylation is 1. The molecule has 1 aliphatic carbocycles. The van der Waals surface area contributed by atoms with E-state index in [1.165, 1.54) is 31.2 Å². The summed E-state index contributed by atoms with van der Waals surface area (Å²) in [6, 6.07) is 10.8. The molecule has 1 heterocycles. The molecule has 7 heteroatoms. The average Bonchev–Trinajstić information content (AvgIpc) is 3.26. The molecular formula is C18H26IN5O. The van der Waals surface area contributed by atoms with E-state index in [1.807, 2.05) is 6.92 Å². The molecule has 0 atom stereocenters. The van der Waals surface area contributed by atoms with Crippen LogP contribution in [0.5, 0.6) is 0 Å². The summed E-state index contributed by atoms with van der Waals surface area (Å²) in [6.07, 6.45) is 4.99. The van der Waals surface area contributed by atoms with Crippen molar-refractivity contribution in [3.05, 3.63) is 47.6 Å². The van der Waals surface area contributed by atoms with Crippen LogP contribution in [0.2, 0.25) is 0 Å². The van der Waals surface area contributed by atoms with Gasteiger partial charge >= 0.3 is 0 Å². The zero-order chi connectivity index (χ0) is 16.8. The normalized spacial score (nSPS) is 16.3. The van der Waals surface area contributed by atoms with Crippen molar-refractivity contribution in [2.24, 2.45) is 4.99 Å². The molecule has 2 N–H and O–H groups in total. The lowest BCUT2D eigenvalue weighted by Gasteiger charge is -2.30. The van der Waals surface area contributed by atoms with Crippen LogP contribution in [0, 0.1) is 6.92 Å². The van der Waals surface area contributed by atoms with Crippen molar-refractivity contribution in [2.75, 3.05) is 13.6 Å². The van der Waals surface area contributed by atoms with Crippen molar-refractivity contribution >= 4 is 29.9 Å². The number of hydrogen-bond donors (Lipinski definition) is 2. The fraction of sp³-hybridized carbons (Fsp3) is 0.500. The number of nitrogens with zero attached hydrogens (tertiary/aromatic N) is 3. The van der Waals surface area contributed by atoms with E-state index in [2.05, 4.69) is 56.1 Å². The molecule has 0 aliphatic heterocycles. The highest BCUT2D eigenvalue weighted by Gasteiger charge is 2.35. The van der Waals surface area contributed by atoms with Gasteiger partial charge in [-0.05, 0) is 25.3 Å². The largest absolute Gasteiger partial charge is 0.356 e. The third-order valence-electron chi connectivity index (χ3n) is 4.74. The van der Waals surface area contributed by atoms with Gasteiger partial charge < -0.3 is 15.2 Å². The van der Waals surface area contributed by atoms with E-state index in [1.54, 1.807) is 7.05 Å². The number of hydrogen-bond acceptors (Lipinski definition) is 4. The molecule has 136 valence electrons. The van der Waals surface area contributed by atoms with Crippen LogP contribution in [0.1, 0.15) is 43.0 Å². The monoisotopic (exact) mass is 455 g/mol. The third-order valence-corrected chi connectivity index (χ3v) is 4.74. The topological polar surface area (TPSA) is 75.3 Å². The molecule has 0 bridgehead atoms. The molecule has 25 heavy (non-hydrogen) atoms. The first-order valence-corrected chi connectivity index (χ1v) is 8.51. The van der Waals surface area contributed by atoms with Crippen LogP contribution in [0.3, 0.4) is 0 Å². The van der Waals surface area contributed by atoms with Gasteiger partial charge in [-0.15, -0.1) is 24.0 Å². The first-order valence-electron chi connectivity index (χ1n) is 8.51. The quantitative estimate of drug-likeness (QED) is 0.412. The second kappa shape index (κ2) is 9.17. The molecule has 1 aromatic heterocycles. The molecule has 0 radical (unpaired) electrons. The summed E-state index contributed by atoms with van der Waals surface area (Å²) in [5, 5.41) is 10.5. The summed E-state index contributed by atoms with van der Waals surface area (Å²) < 4.78 is 5.12. The van der Waals surface area contributed by atoms with E-state index < -0.39 is 0 Å². The van der Waals surface area contributed by atoms with E-state index in [-0.39, 0.29) is 29.4 Å². The first kappa shape index (κ1) is 19.7. The Kier molecular flexibility index (Phi) is 7.22. The Labute approximate surface area is 165 Å². The predicted molar refractivity (Wildman–Crippen MR) is 109 cm³/mol. The Morgan fingerprint density at radius 2 is 1.92 bits per heavy atom. The van der Waals surface area contributed by atoms with Gasteiger partial charge in [0.15, 0.2) is 11.8 Å². The number of nitrogens with one attached hydrogen (secondary N) is 2. The van der Waals surface area contributed by atoms with Crippen LogP contribution in [-0.2, 0) is 12.0 Å². The van der Waals surface area contributed by atoms with Gasteiger partial charge in [-0.1, -0.05) is 48.3 Å². The number of aliphatic imine (C=N–C) groups is 1. The van der Waals surface area contributed by atoms with Crippen molar-refractivity contribution in [1.29, 1.82) is 0 Å². The van der Waals surface area contributed by atoms with Gasteiger partial charge in [0.25, 0.3) is 0 Å². The SMILES string of the molecule is CN=C(NCc1nc(C)no1)NCC1(c2ccccc2)CCCC1.I. The highest BCUT2D eigenvalue weighted by atomic mass is 127. The molecule has 1 fully saturated rings. The van der Waals surface area contributed by atoms with Crippen molar-refractivity contribution < 1.29 is 4.52 Å². The van der Waals surface area contributed by atoms with E-state index in [0.29, 0.717) is 18.3 Å². The average molecular weight is 455 g/mol. The van der Waals surface area contributed by atoms with Gasteiger partial charge in [-0.3, -0.25) is 4.99 Å². The minimum absolute atomic E-state index is 0. The second-order valence-electron chi connectivity index (χ2n) is 6.37. The van der Waals surface area contributed by atoms with Crippen LogP contribution in [-0.4, -0.2) is 29.7 Å². The molecular weight excluding hydrogens is 429 g/mol. The van der Waals surface area contributed by atoms with Crippen molar-refractivity contribution in [3.63, 3.8) is 0 Å². The predicted octanol–water partition coefficient (Wildman–Crippen LogP) is 3.17. The first-order chi connectivity index (χ1) is 11.7. The lowest BCUT2D eigenvalue weighted by molar-refractivity contribution is 0.370. The number of rotatable bonds is 5. The molecule has 0 saturated heterocycles. The van der Waals surface area contributed by atoms with Crippen molar-refractivity contribution in [3.8, 4) is 0 Å². The molecule has 1 saturated carbocycles. The molecule has 2 aromatic rings. The van der Waals surface area contributed by atoms with Crippen LogP contribution in [0.25, 0.3) is 0 Å². The van der Waals surface area contributed by atoms with Crippen LogP contribution < -0.4 is 10.6 Å². The van der Waals surface area contributed by atoms with Gasteiger partial charge in [-0.2, -0.15) is 4.98 Å². The van der Waals surface area contributed by atoms with Crippen LogP contribution in [0.15, 0.2) is 39.8 Å². The van der Waals surface area contributed by atoms with Gasteiger partial charge in [-0.25, -0.2) is 0 Å². The van der Waals surface area contributed by atoms with E-state index in [4.69, 9.17) is 4.52 Å². The standard InChI is InChI=1S/C18H25N5O.HI/c1-14-22-16(24-23-14)12-20-17(19-2)21-13-18(10-6-7-11-18)15-8-4-3-5-9-15;/h3-5,8-9H,6-7,10-13H2,1-2H3,(H2,19,20,21);1H. The van der Waals surface area contributed by atoms with Gasteiger partial charge in [0, 0.05) is 19.0 Å². The highest BCUT2D eigenvalue weighted by molar-refractivity contribution is 14.0. The fourth-order valence-electron chi connectivity index (χ4n) is 3.46. The summed E-state index contributed by atoms with van der Waals surface area (Å²) >= 11 is 0. The van der Waals surface area contributed by atoms with Gasteiger partial charge in [0.05, 0.1) is 6.54 Å². The summed E-state index contributed by atoms with van der Waals surface area (Å²) in [5.41, 5.74) is 1.61. The Balaban J connectivity index is 0.00000225. The van der Waals surface area contributed by atoms with E-state index in [0.717, 1.165) is 12.5 Å². The van der Waals surface area contributed by atoms with E-state index >= 15 is 0 Å². The molecule has 1 aliphatic rings. The number of benzene rings is 1. The summed E-state index contributed by atoms with van der Waals surface area (Å²) in [5.74, 6) is 1.96. The maximum Gasteiger partial charge on any atom is 0.246 e. The number of aromatic nitrogens is 2. The van der Waals surface area contributed by atoms with E-state index in [9.17, 15) is 0 Å². The van der Waals surface area contributed by atoms with Crippen LogP contribution >= 0.6 is 24.0 Å². The minimum Gasteiger partial charge on any atom is -0.356 e. The Hall–Kier alpha value is -1.64. The van der Waals surface area contributed by atoms with Gasteiger partial charge in [0.2, 0.25) is 5.89 Å². The third kappa shape index (κ3) is 4.93. The molecule has 3 rings (SSSR count). The maximum atomic E-state index is 5.12. The fourth-order valence-corrected chi connectivity index (χ4v) is 3.46. The minimum atomic E-state index is 0. The Morgan fingerprint density at radius 1 is 1.20 bits per heavy atom. The lowest BCUT2D eigenvalue weighted by atomic mass is 9.79. The van der Waals surface area contributed by atoms with Crippen LogP contribution in [0.4, 0.5) is 0 Å². The highest BCUT2D eigenvalue weighted by Crippen LogP contribution is 2.40. The molecule has 6 nitrogen and oxygen atoms in total. The Bertz CT molecular complexity index is 680. The lowest BCUT2D eigenvalue weighted by Crippen LogP contribution is -2.44. The smallest absolute Gasteiger partial charge is 0.246 e. The molecule has 0 amide bonds. The zero-order valence-corrected chi connectivity index (χ0v) is 17.1. The number of halogens is 1. The molecule has 0 unspecified atom stereocenters. The maximum absolute atomic E-state index is 5.12. The molecule has 0 spiro atoms. The second-order valence-corrected chi connectivity index (χ2v) is 6.37. The van der Waals surface area contributed by atoms with Gasteiger partial charge in [0.1, 0.15) is 0 Å². The summed E-state index contributed by atoms with van der Waals surface area (Å²) in [4.78, 5) is 8.49. The van der Waals surface area contributed by atoms with Crippen molar-refractivity contribution in [2.45, 2.75) is 44.6 Å². The Morgan fingerprint density at radius 3 is 2.52 bits per heavy atom. The molecule has 1 aromatic carbocycles. The summed E-state index contributed by atoms with van der Waals surface area (Å²) in [6.45, 7) is 3.15. The number of guanidine groups is 1. The van der Waals surface area contributed by atoms with Crippen molar-refractivity contribution in [1.82, 2.24) is 20.8 Å². The zero-order valence-electron chi connectivity index (χ0n) is 14.8. The summed E-state index contributed by atoms with van der Waals surface area (Å²) in [7, 11) is 1.78.